The molecule has 0 aliphatic carbocycles. The first-order chi connectivity index (χ1) is 7.79. The maximum absolute atomic E-state index is 11.1. The first-order valence-corrected chi connectivity index (χ1v) is 5.30. The van der Waals surface area contributed by atoms with Crippen molar-refractivity contribution < 1.29 is 13.9 Å². The van der Waals surface area contributed by atoms with E-state index in [0.717, 1.165) is 19.4 Å². The van der Waals surface area contributed by atoms with Gasteiger partial charge in [-0.05, 0) is 26.3 Å². The van der Waals surface area contributed by atoms with Gasteiger partial charge in [-0.15, -0.1) is 5.10 Å². The van der Waals surface area contributed by atoms with Crippen molar-refractivity contribution in [2.45, 2.75) is 25.8 Å². The van der Waals surface area contributed by atoms with E-state index in [1.807, 2.05) is 0 Å². The fourth-order valence-electron chi connectivity index (χ4n) is 1.58. The zero-order valence-corrected chi connectivity index (χ0v) is 9.02. The van der Waals surface area contributed by atoms with Crippen molar-refractivity contribution >= 4 is 12.1 Å². The summed E-state index contributed by atoms with van der Waals surface area (Å²) in [4.78, 5) is 11.1. The first-order valence-electron chi connectivity index (χ1n) is 5.30. The molecule has 0 aromatic carbocycles. The van der Waals surface area contributed by atoms with E-state index in [4.69, 9.17) is 4.42 Å². The van der Waals surface area contributed by atoms with Gasteiger partial charge in [0.05, 0.1) is 12.6 Å². The summed E-state index contributed by atoms with van der Waals surface area (Å²) in [5.74, 6) is 0.504. The third-order valence-corrected chi connectivity index (χ3v) is 2.28. The summed E-state index contributed by atoms with van der Waals surface area (Å²) in [5.41, 5.74) is 0. The summed E-state index contributed by atoms with van der Waals surface area (Å²) in [6, 6.07) is 0.174. The summed E-state index contributed by atoms with van der Waals surface area (Å²) in [5, 5.41) is 13.2. The lowest BCUT2D eigenvalue weighted by Gasteiger charge is -2.02. The van der Waals surface area contributed by atoms with Crippen LogP contribution in [0.2, 0.25) is 0 Å². The molecule has 7 heteroatoms. The minimum Gasteiger partial charge on any atom is -0.450 e. The number of carbonyl (C=O) groups excluding carboxylic acids is 1. The summed E-state index contributed by atoms with van der Waals surface area (Å²) >= 11 is 0. The highest BCUT2D eigenvalue weighted by Crippen LogP contribution is 2.22. The van der Waals surface area contributed by atoms with Crippen molar-refractivity contribution in [3.05, 3.63) is 5.89 Å². The van der Waals surface area contributed by atoms with Gasteiger partial charge < -0.3 is 14.5 Å². The summed E-state index contributed by atoms with van der Waals surface area (Å²) in [6.07, 6.45) is 1.48. The molecule has 0 radical (unpaired) electrons. The topological polar surface area (TPSA) is 89.3 Å². The van der Waals surface area contributed by atoms with Gasteiger partial charge in [-0.25, -0.2) is 10.1 Å². The van der Waals surface area contributed by atoms with Gasteiger partial charge in [0.15, 0.2) is 0 Å². The molecule has 1 aliphatic rings. The second kappa shape index (κ2) is 4.93. The Morgan fingerprint density at radius 1 is 1.69 bits per heavy atom. The van der Waals surface area contributed by atoms with Gasteiger partial charge in [-0.2, -0.15) is 0 Å². The molecule has 0 spiro atoms. The Labute approximate surface area is 92.6 Å². The lowest BCUT2D eigenvalue weighted by Crippen LogP contribution is -2.13. The number of amides is 1. The van der Waals surface area contributed by atoms with Crippen LogP contribution < -0.4 is 10.6 Å². The molecular weight excluding hydrogens is 212 g/mol. The van der Waals surface area contributed by atoms with Crippen LogP contribution in [0.3, 0.4) is 0 Å². The van der Waals surface area contributed by atoms with E-state index in [2.05, 4.69) is 25.6 Å². The molecule has 1 aliphatic heterocycles. The van der Waals surface area contributed by atoms with Crippen LogP contribution in [0.1, 0.15) is 31.7 Å². The van der Waals surface area contributed by atoms with Gasteiger partial charge in [-0.3, -0.25) is 0 Å². The molecule has 1 atom stereocenters. The highest BCUT2D eigenvalue weighted by Gasteiger charge is 2.22. The minimum absolute atomic E-state index is 0.0714. The van der Waals surface area contributed by atoms with E-state index in [-0.39, 0.29) is 12.1 Å². The highest BCUT2D eigenvalue weighted by molar-refractivity contribution is 5.81. The molecule has 1 saturated heterocycles. The molecule has 88 valence electrons. The summed E-state index contributed by atoms with van der Waals surface area (Å²) in [6.45, 7) is 2.98. The Morgan fingerprint density at radius 3 is 3.25 bits per heavy atom. The molecule has 0 bridgehead atoms. The van der Waals surface area contributed by atoms with Crippen molar-refractivity contribution in [3.8, 4) is 0 Å². The average molecular weight is 226 g/mol. The fourth-order valence-corrected chi connectivity index (χ4v) is 1.58. The van der Waals surface area contributed by atoms with Crippen molar-refractivity contribution in [1.29, 1.82) is 0 Å². The minimum atomic E-state index is -0.586. The van der Waals surface area contributed by atoms with Crippen LogP contribution >= 0.6 is 0 Å². The number of anilines is 1. The maximum Gasteiger partial charge on any atom is 0.415 e. The standard InChI is InChI=1S/C9H14N4O3/c1-2-15-9(14)11-8-13-12-7(16-8)6-4-3-5-10-6/h6,10H,2-5H2,1H3,(H,11,13,14). The Kier molecular flexibility index (Phi) is 3.35. The van der Waals surface area contributed by atoms with Crippen LogP contribution in [0.4, 0.5) is 10.8 Å². The normalized spacial score (nSPS) is 19.7. The number of hydrogen-bond donors (Lipinski definition) is 2. The number of nitrogens with zero attached hydrogens (tertiary/aromatic N) is 2. The SMILES string of the molecule is CCOC(=O)Nc1nnc(C2CCCN2)o1. The van der Waals surface area contributed by atoms with Crippen molar-refractivity contribution in [3.63, 3.8) is 0 Å². The van der Waals surface area contributed by atoms with E-state index >= 15 is 0 Å². The molecule has 1 aromatic heterocycles. The van der Waals surface area contributed by atoms with Gasteiger partial charge in [0, 0.05) is 0 Å². The smallest absolute Gasteiger partial charge is 0.415 e. The van der Waals surface area contributed by atoms with Crippen LogP contribution in [-0.4, -0.2) is 29.4 Å². The number of aromatic nitrogens is 2. The Balaban J connectivity index is 1.93. The van der Waals surface area contributed by atoms with E-state index in [9.17, 15) is 4.79 Å². The maximum atomic E-state index is 11.1. The molecule has 2 N–H and O–H groups in total. The molecule has 1 aromatic rings. The molecule has 1 unspecified atom stereocenters. The van der Waals surface area contributed by atoms with Crippen LogP contribution in [0.5, 0.6) is 0 Å². The van der Waals surface area contributed by atoms with E-state index in [1.165, 1.54) is 0 Å². The van der Waals surface area contributed by atoms with Crippen molar-refractivity contribution in [1.82, 2.24) is 15.5 Å². The number of ether oxygens (including phenoxy) is 1. The third kappa shape index (κ3) is 2.48. The van der Waals surface area contributed by atoms with Gasteiger partial charge >= 0.3 is 12.1 Å². The van der Waals surface area contributed by atoms with Gasteiger partial charge in [0.1, 0.15) is 0 Å². The Bertz CT molecular complexity index is 359. The predicted octanol–water partition coefficient (Wildman–Crippen LogP) is 1.06. The number of hydrogen-bond acceptors (Lipinski definition) is 6. The molecule has 2 heterocycles. The lowest BCUT2D eigenvalue weighted by atomic mass is 10.2. The largest absolute Gasteiger partial charge is 0.450 e. The molecular formula is C9H14N4O3. The molecule has 7 nitrogen and oxygen atoms in total. The zero-order chi connectivity index (χ0) is 11.4. The van der Waals surface area contributed by atoms with E-state index in [0.29, 0.717) is 12.5 Å². The Morgan fingerprint density at radius 2 is 2.56 bits per heavy atom. The van der Waals surface area contributed by atoms with E-state index in [1.54, 1.807) is 6.92 Å². The van der Waals surface area contributed by atoms with Crippen LogP contribution in [-0.2, 0) is 4.74 Å². The molecule has 0 saturated carbocycles. The molecule has 1 fully saturated rings. The van der Waals surface area contributed by atoms with Crippen molar-refractivity contribution in [2.75, 3.05) is 18.5 Å². The number of nitrogens with one attached hydrogen (secondary N) is 2. The third-order valence-electron chi connectivity index (χ3n) is 2.28. The highest BCUT2D eigenvalue weighted by atomic mass is 16.5. The number of rotatable bonds is 3. The van der Waals surface area contributed by atoms with Gasteiger partial charge in [-0.1, -0.05) is 5.10 Å². The van der Waals surface area contributed by atoms with Crippen LogP contribution in [0.15, 0.2) is 4.42 Å². The van der Waals surface area contributed by atoms with Gasteiger partial charge in [0.2, 0.25) is 5.89 Å². The Hall–Kier alpha value is -1.63. The van der Waals surface area contributed by atoms with Crippen LogP contribution in [0, 0.1) is 0 Å². The monoisotopic (exact) mass is 226 g/mol. The van der Waals surface area contributed by atoms with E-state index < -0.39 is 6.09 Å². The summed E-state index contributed by atoms with van der Waals surface area (Å²) in [7, 11) is 0. The molecule has 1 amide bonds. The van der Waals surface area contributed by atoms with Crippen molar-refractivity contribution in [2.24, 2.45) is 0 Å². The average Bonchev–Trinajstić information content (AvgIpc) is 2.86. The van der Waals surface area contributed by atoms with Crippen LogP contribution in [0.25, 0.3) is 0 Å². The second-order valence-electron chi connectivity index (χ2n) is 3.44. The lowest BCUT2D eigenvalue weighted by molar-refractivity contribution is 0.167. The predicted molar refractivity (Wildman–Crippen MR) is 54.9 cm³/mol. The first kappa shape index (κ1) is 10.9. The molecule has 2 rings (SSSR count). The van der Waals surface area contributed by atoms with Gasteiger partial charge in [0.25, 0.3) is 0 Å². The fraction of sp³-hybridized carbons (Fsp3) is 0.667. The number of carbonyl (C=O) groups is 1. The zero-order valence-electron chi connectivity index (χ0n) is 9.02. The second-order valence-corrected chi connectivity index (χ2v) is 3.44. The summed E-state index contributed by atoms with van der Waals surface area (Å²) < 4.78 is 9.97. The quantitative estimate of drug-likeness (QED) is 0.801. The molecule has 16 heavy (non-hydrogen) atoms.